The lowest BCUT2D eigenvalue weighted by molar-refractivity contribution is -0.194. The van der Waals surface area contributed by atoms with Gasteiger partial charge in [-0.15, -0.1) is 0 Å². The van der Waals surface area contributed by atoms with E-state index < -0.39 is 16.9 Å². The van der Waals surface area contributed by atoms with E-state index in [9.17, 15) is 14.7 Å². The van der Waals surface area contributed by atoms with Crippen LogP contribution in [0.1, 0.15) is 39.2 Å². The first-order chi connectivity index (χ1) is 11.8. The van der Waals surface area contributed by atoms with Crippen molar-refractivity contribution >= 4 is 11.9 Å². The smallest absolute Gasteiger partial charge is 0.330 e. The van der Waals surface area contributed by atoms with Crippen molar-refractivity contribution in [3.8, 4) is 5.75 Å². The van der Waals surface area contributed by atoms with Gasteiger partial charge in [-0.3, -0.25) is 4.79 Å². The summed E-state index contributed by atoms with van der Waals surface area (Å²) in [6, 6.07) is 7.50. The summed E-state index contributed by atoms with van der Waals surface area (Å²) in [5.74, 6) is -0.545. The Kier molecular flexibility index (Phi) is 5.72. The lowest BCUT2D eigenvalue weighted by Crippen LogP contribution is -2.76. The lowest BCUT2D eigenvalue weighted by Gasteiger charge is -2.58. The average Bonchev–Trinajstić information content (AvgIpc) is 2.58. The Hall–Kier alpha value is -2.08. The van der Waals surface area contributed by atoms with Crippen LogP contribution in [0.25, 0.3) is 0 Å². The molecule has 2 atom stereocenters. The molecule has 1 aliphatic carbocycles. The third kappa shape index (κ3) is 3.63. The van der Waals surface area contributed by atoms with Gasteiger partial charge < -0.3 is 19.9 Å². The van der Waals surface area contributed by atoms with Gasteiger partial charge in [0.2, 0.25) is 5.91 Å². The standard InChI is InChI=1S/C19H27NO5/c1-5-25-15-12-19(17(22)23,18(15,2)3)20-16(21)10-9-13-7-6-8-14(11-13)24-4/h6-8,11,15H,5,9-10,12H2,1-4H3,(H,20,21)(H,22,23). The van der Waals surface area contributed by atoms with Gasteiger partial charge in [-0.2, -0.15) is 0 Å². The molecule has 0 bridgehead atoms. The van der Waals surface area contributed by atoms with Crippen LogP contribution in [-0.2, 0) is 20.7 Å². The summed E-state index contributed by atoms with van der Waals surface area (Å²) in [6.45, 7) is 6.05. The van der Waals surface area contributed by atoms with Gasteiger partial charge in [0, 0.05) is 24.9 Å². The van der Waals surface area contributed by atoms with E-state index in [1.807, 2.05) is 45.0 Å². The maximum Gasteiger partial charge on any atom is 0.330 e. The van der Waals surface area contributed by atoms with Gasteiger partial charge >= 0.3 is 5.97 Å². The summed E-state index contributed by atoms with van der Waals surface area (Å²) in [6.07, 6.45) is 0.854. The van der Waals surface area contributed by atoms with Gasteiger partial charge in [0.15, 0.2) is 0 Å². The molecule has 2 unspecified atom stereocenters. The van der Waals surface area contributed by atoms with Crippen LogP contribution in [0.4, 0.5) is 0 Å². The Labute approximate surface area is 148 Å². The molecule has 138 valence electrons. The molecule has 0 radical (unpaired) electrons. The monoisotopic (exact) mass is 349 g/mol. The number of carboxylic acids is 1. The molecule has 0 heterocycles. The molecule has 1 aromatic rings. The quantitative estimate of drug-likeness (QED) is 0.753. The third-order valence-electron chi connectivity index (χ3n) is 5.26. The van der Waals surface area contributed by atoms with Gasteiger partial charge in [0.1, 0.15) is 11.3 Å². The van der Waals surface area contributed by atoms with Crippen molar-refractivity contribution in [1.29, 1.82) is 0 Å². The van der Waals surface area contributed by atoms with Crippen LogP contribution in [0.15, 0.2) is 24.3 Å². The van der Waals surface area contributed by atoms with E-state index in [1.165, 1.54) is 0 Å². The first kappa shape index (κ1) is 19.2. The van der Waals surface area contributed by atoms with Crippen molar-refractivity contribution < 1.29 is 24.2 Å². The first-order valence-electron chi connectivity index (χ1n) is 8.55. The van der Waals surface area contributed by atoms with Crippen LogP contribution >= 0.6 is 0 Å². The summed E-state index contributed by atoms with van der Waals surface area (Å²) < 4.78 is 10.8. The largest absolute Gasteiger partial charge is 0.497 e. The molecule has 1 amide bonds. The van der Waals surface area contributed by atoms with Gasteiger partial charge in [-0.1, -0.05) is 26.0 Å². The summed E-state index contributed by atoms with van der Waals surface area (Å²) in [5.41, 5.74) is -0.974. The number of hydrogen-bond acceptors (Lipinski definition) is 4. The second kappa shape index (κ2) is 7.44. The zero-order valence-electron chi connectivity index (χ0n) is 15.3. The van der Waals surface area contributed by atoms with Gasteiger partial charge in [0.05, 0.1) is 13.2 Å². The molecule has 6 heteroatoms. The molecule has 2 rings (SSSR count). The molecular formula is C19H27NO5. The number of nitrogens with one attached hydrogen (secondary N) is 1. The minimum absolute atomic E-state index is 0.174. The molecule has 1 aliphatic rings. The molecule has 6 nitrogen and oxygen atoms in total. The highest BCUT2D eigenvalue weighted by molar-refractivity contribution is 5.89. The van der Waals surface area contributed by atoms with Crippen molar-refractivity contribution in [2.45, 2.75) is 51.7 Å². The predicted molar refractivity (Wildman–Crippen MR) is 93.6 cm³/mol. The number of hydrogen-bond donors (Lipinski definition) is 2. The highest BCUT2D eigenvalue weighted by atomic mass is 16.5. The minimum Gasteiger partial charge on any atom is -0.497 e. The van der Waals surface area contributed by atoms with Crippen LogP contribution in [0.5, 0.6) is 5.75 Å². The number of benzene rings is 1. The average molecular weight is 349 g/mol. The SMILES string of the molecule is CCOC1CC(NC(=O)CCc2cccc(OC)c2)(C(=O)O)C1(C)C. The Morgan fingerprint density at radius 2 is 2.08 bits per heavy atom. The van der Waals surface area contributed by atoms with E-state index in [2.05, 4.69) is 5.32 Å². The number of carbonyl (C=O) groups is 2. The number of carbonyl (C=O) groups excluding carboxylic acids is 1. The first-order valence-corrected chi connectivity index (χ1v) is 8.55. The second-order valence-electron chi connectivity index (χ2n) is 6.98. The maximum absolute atomic E-state index is 12.4. The Balaban J connectivity index is 2.01. The zero-order valence-corrected chi connectivity index (χ0v) is 15.3. The lowest BCUT2D eigenvalue weighted by atomic mass is 9.54. The van der Waals surface area contributed by atoms with Crippen molar-refractivity contribution in [3.05, 3.63) is 29.8 Å². The predicted octanol–water partition coefficient (Wildman–Crippen LogP) is 2.40. The fourth-order valence-corrected chi connectivity index (χ4v) is 3.42. The number of carboxylic acid groups (broad SMARTS) is 1. The normalized spacial score (nSPS) is 24.2. The topological polar surface area (TPSA) is 84.9 Å². The summed E-state index contributed by atoms with van der Waals surface area (Å²) in [4.78, 5) is 24.3. The molecular weight excluding hydrogens is 322 g/mol. The molecule has 1 fully saturated rings. The second-order valence-corrected chi connectivity index (χ2v) is 6.98. The van der Waals surface area contributed by atoms with Gasteiger partial charge in [-0.05, 0) is 31.0 Å². The van der Waals surface area contributed by atoms with Crippen LogP contribution in [-0.4, -0.2) is 42.3 Å². The van der Waals surface area contributed by atoms with E-state index in [-0.39, 0.29) is 24.9 Å². The Bertz CT molecular complexity index is 642. The summed E-state index contributed by atoms with van der Waals surface area (Å²) >= 11 is 0. The molecule has 0 aliphatic heterocycles. The highest BCUT2D eigenvalue weighted by Gasteiger charge is 2.66. The fraction of sp³-hybridized carbons (Fsp3) is 0.579. The maximum atomic E-state index is 12.4. The number of amides is 1. The van der Waals surface area contributed by atoms with Crippen LogP contribution in [0.3, 0.4) is 0 Å². The molecule has 1 saturated carbocycles. The van der Waals surface area contributed by atoms with Gasteiger partial charge in [0.25, 0.3) is 0 Å². The molecule has 0 spiro atoms. The van der Waals surface area contributed by atoms with Crippen molar-refractivity contribution in [3.63, 3.8) is 0 Å². The van der Waals surface area contributed by atoms with Crippen LogP contribution in [0, 0.1) is 5.41 Å². The number of methoxy groups -OCH3 is 1. The number of aryl methyl sites for hydroxylation is 1. The molecule has 25 heavy (non-hydrogen) atoms. The molecule has 0 saturated heterocycles. The Morgan fingerprint density at radius 1 is 1.36 bits per heavy atom. The van der Waals surface area contributed by atoms with Crippen LogP contribution < -0.4 is 10.1 Å². The number of rotatable bonds is 8. The number of aliphatic carboxylic acids is 1. The van der Waals surface area contributed by atoms with Crippen LogP contribution in [0.2, 0.25) is 0 Å². The molecule has 0 aromatic heterocycles. The van der Waals surface area contributed by atoms with Crippen molar-refractivity contribution in [1.82, 2.24) is 5.32 Å². The van der Waals surface area contributed by atoms with E-state index in [4.69, 9.17) is 9.47 Å². The van der Waals surface area contributed by atoms with Gasteiger partial charge in [-0.25, -0.2) is 4.79 Å². The molecule has 2 N–H and O–H groups in total. The zero-order chi connectivity index (χ0) is 18.7. The highest BCUT2D eigenvalue weighted by Crippen LogP contribution is 2.51. The fourth-order valence-electron chi connectivity index (χ4n) is 3.42. The molecule has 1 aromatic carbocycles. The number of ether oxygens (including phenoxy) is 2. The van der Waals surface area contributed by atoms with E-state index in [0.29, 0.717) is 13.0 Å². The van der Waals surface area contributed by atoms with E-state index in [0.717, 1.165) is 11.3 Å². The van der Waals surface area contributed by atoms with Crippen molar-refractivity contribution in [2.24, 2.45) is 5.41 Å². The van der Waals surface area contributed by atoms with E-state index in [1.54, 1.807) is 7.11 Å². The minimum atomic E-state index is -1.28. The van der Waals surface area contributed by atoms with E-state index >= 15 is 0 Å². The Morgan fingerprint density at radius 3 is 2.64 bits per heavy atom. The third-order valence-corrected chi connectivity index (χ3v) is 5.26. The summed E-state index contributed by atoms with van der Waals surface area (Å²) in [5, 5.41) is 12.5. The van der Waals surface area contributed by atoms with Crippen molar-refractivity contribution in [2.75, 3.05) is 13.7 Å². The summed E-state index contributed by atoms with van der Waals surface area (Å²) in [7, 11) is 1.59.